The van der Waals surface area contributed by atoms with Gasteiger partial charge in [-0.2, -0.15) is 0 Å². The van der Waals surface area contributed by atoms with Gasteiger partial charge in [0.25, 0.3) is 0 Å². The molecule has 1 amide bonds. The average molecular weight is 366 g/mol. The summed E-state index contributed by atoms with van der Waals surface area (Å²) in [6.45, 7) is 5.04. The molecule has 0 aliphatic rings. The number of nitrogens with two attached hydrogens (primary N) is 1. The lowest BCUT2D eigenvalue weighted by atomic mass is 10.2. The van der Waals surface area contributed by atoms with Gasteiger partial charge >= 0.3 is 0 Å². The Labute approximate surface area is 151 Å². The fourth-order valence-corrected chi connectivity index (χ4v) is 2.15. The van der Waals surface area contributed by atoms with Crippen LogP contribution in [-0.2, 0) is 9.53 Å². The molecule has 0 saturated carbocycles. The number of nitrogens with zero attached hydrogens (tertiary/aromatic N) is 1. The zero-order valence-electron chi connectivity index (χ0n) is 13.9. The van der Waals surface area contributed by atoms with E-state index in [9.17, 15) is 4.79 Å². The first-order valence-electron chi connectivity index (χ1n) is 7.50. The zero-order valence-corrected chi connectivity index (χ0v) is 15.5. The van der Waals surface area contributed by atoms with E-state index < -0.39 is 0 Å². The van der Waals surface area contributed by atoms with Gasteiger partial charge in [-0.15, -0.1) is 24.8 Å². The molecule has 23 heavy (non-hydrogen) atoms. The van der Waals surface area contributed by atoms with Crippen molar-refractivity contribution >= 4 is 36.4 Å². The van der Waals surface area contributed by atoms with Gasteiger partial charge in [0.1, 0.15) is 0 Å². The van der Waals surface area contributed by atoms with Gasteiger partial charge in [0, 0.05) is 39.0 Å². The summed E-state index contributed by atoms with van der Waals surface area (Å²) in [6, 6.07) is 10.3. The van der Waals surface area contributed by atoms with Gasteiger partial charge < -0.3 is 20.7 Å². The molecule has 0 heterocycles. The first-order valence-corrected chi connectivity index (χ1v) is 7.50. The van der Waals surface area contributed by atoms with Crippen LogP contribution in [-0.4, -0.2) is 45.3 Å². The van der Waals surface area contributed by atoms with Gasteiger partial charge in [0.2, 0.25) is 5.91 Å². The Hall–Kier alpha value is -1.01. The minimum absolute atomic E-state index is 0. The van der Waals surface area contributed by atoms with Crippen LogP contribution in [0.4, 0.5) is 5.69 Å². The third-order valence-electron chi connectivity index (χ3n) is 3.44. The second-order valence-corrected chi connectivity index (χ2v) is 4.92. The van der Waals surface area contributed by atoms with Gasteiger partial charge in [-0.1, -0.05) is 18.2 Å². The molecule has 0 fully saturated rings. The van der Waals surface area contributed by atoms with E-state index in [4.69, 9.17) is 10.5 Å². The molecule has 0 spiro atoms. The number of benzene rings is 1. The van der Waals surface area contributed by atoms with Crippen LogP contribution in [0.25, 0.3) is 0 Å². The SMILES string of the molecule is CCN(CCCNC(=O)CC(CN)OC)c1ccccc1.Cl.Cl. The summed E-state index contributed by atoms with van der Waals surface area (Å²) in [5.74, 6) is -0.00457. The Kier molecular flexibility index (Phi) is 15.4. The first-order chi connectivity index (χ1) is 10.2. The standard InChI is InChI=1S/C16H27N3O2.2ClH/c1-3-19(14-8-5-4-6-9-14)11-7-10-18-16(20)12-15(13-17)21-2;;/h4-6,8-9,15H,3,7,10-13,17H2,1-2H3,(H,18,20);2*1H. The lowest BCUT2D eigenvalue weighted by Crippen LogP contribution is -2.34. The molecule has 7 heteroatoms. The molecule has 0 aliphatic heterocycles. The Balaban J connectivity index is 0. The number of carbonyl (C=O) groups excluding carboxylic acids is 1. The summed E-state index contributed by atoms with van der Waals surface area (Å²) >= 11 is 0. The van der Waals surface area contributed by atoms with Crippen molar-refractivity contribution in [2.45, 2.75) is 25.9 Å². The van der Waals surface area contributed by atoms with Gasteiger partial charge in [-0.25, -0.2) is 0 Å². The van der Waals surface area contributed by atoms with E-state index in [0.717, 1.165) is 19.5 Å². The summed E-state index contributed by atoms with van der Waals surface area (Å²) in [5, 5.41) is 2.91. The van der Waals surface area contributed by atoms with Crippen LogP contribution in [0, 0.1) is 0 Å². The Bertz CT molecular complexity index is 404. The van der Waals surface area contributed by atoms with E-state index in [1.54, 1.807) is 7.11 Å². The van der Waals surface area contributed by atoms with Crippen LogP contribution in [0.5, 0.6) is 0 Å². The van der Waals surface area contributed by atoms with Crippen molar-refractivity contribution in [2.75, 3.05) is 38.2 Å². The van der Waals surface area contributed by atoms with Crippen molar-refractivity contribution in [1.29, 1.82) is 0 Å². The Morgan fingerprint density at radius 1 is 1.30 bits per heavy atom. The van der Waals surface area contributed by atoms with Crippen molar-refractivity contribution in [3.8, 4) is 0 Å². The van der Waals surface area contributed by atoms with Crippen LogP contribution < -0.4 is 16.0 Å². The largest absolute Gasteiger partial charge is 0.380 e. The molecule has 1 atom stereocenters. The topological polar surface area (TPSA) is 67.6 Å². The predicted molar refractivity (Wildman–Crippen MR) is 101 cm³/mol. The number of rotatable bonds is 10. The van der Waals surface area contributed by atoms with Crippen LogP contribution in [0.15, 0.2) is 30.3 Å². The Morgan fingerprint density at radius 3 is 2.48 bits per heavy atom. The normalized spacial score (nSPS) is 10.9. The maximum atomic E-state index is 11.7. The first kappa shape index (κ1) is 24.2. The number of carbonyl (C=O) groups is 1. The molecule has 1 unspecified atom stereocenters. The molecule has 1 aromatic rings. The third-order valence-corrected chi connectivity index (χ3v) is 3.44. The molecule has 5 nitrogen and oxygen atoms in total. The van der Waals surface area contributed by atoms with Crippen molar-refractivity contribution < 1.29 is 9.53 Å². The quantitative estimate of drug-likeness (QED) is 0.623. The molecular formula is C16H29Cl2N3O2. The molecular weight excluding hydrogens is 337 g/mol. The maximum Gasteiger partial charge on any atom is 0.222 e. The highest BCUT2D eigenvalue weighted by Crippen LogP contribution is 2.12. The number of hydrogen-bond acceptors (Lipinski definition) is 4. The van der Waals surface area contributed by atoms with E-state index >= 15 is 0 Å². The van der Waals surface area contributed by atoms with Crippen molar-refractivity contribution in [3.63, 3.8) is 0 Å². The van der Waals surface area contributed by atoms with Crippen LogP contribution in [0.1, 0.15) is 19.8 Å². The third kappa shape index (κ3) is 9.66. The summed E-state index contributed by atoms with van der Waals surface area (Å²) in [6.07, 6.45) is 1.04. The van der Waals surface area contributed by atoms with Gasteiger partial charge in [0.05, 0.1) is 12.5 Å². The second kappa shape index (κ2) is 14.6. The maximum absolute atomic E-state index is 11.7. The van der Waals surface area contributed by atoms with Crippen molar-refractivity contribution in [3.05, 3.63) is 30.3 Å². The van der Waals surface area contributed by atoms with E-state index in [2.05, 4.69) is 29.3 Å². The molecule has 0 saturated heterocycles. The van der Waals surface area contributed by atoms with Gasteiger partial charge in [-0.05, 0) is 25.5 Å². The lowest BCUT2D eigenvalue weighted by molar-refractivity contribution is -0.123. The van der Waals surface area contributed by atoms with Crippen LogP contribution in [0.3, 0.4) is 0 Å². The van der Waals surface area contributed by atoms with Crippen molar-refractivity contribution in [1.82, 2.24) is 5.32 Å². The summed E-state index contributed by atoms with van der Waals surface area (Å²) < 4.78 is 5.10. The van der Waals surface area contributed by atoms with Crippen LogP contribution >= 0.6 is 24.8 Å². The monoisotopic (exact) mass is 365 g/mol. The summed E-state index contributed by atoms with van der Waals surface area (Å²) in [5.41, 5.74) is 6.71. The molecule has 1 aromatic carbocycles. The highest BCUT2D eigenvalue weighted by Gasteiger charge is 2.10. The number of hydrogen-bond donors (Lipinski definition) is 2. The van der Waals surface area contributed by atoms with E-state index in [0.29, 0.717) is 19.5 Å². The second-order valence-electron chi connectivity index (χ2n) is 4.92. The number of nitrogens with one attached hydrogen (secondary N) is 1. The zero-order chi connectivity index (χ0) is 15.5. The fourth-order valence-electron chi connectivity index (χ4n) is 2.15. The molecule has 1 rings (SSSR count). The fraction of sp³-hybridized carbons (Fsp3) is 0.562. The molecule has 0 aromatic heterocycles. The average Bonchev–Trinajstić information content (AvgIpc) is 2.53. The van der Waals surface area contributed by atoms with E-state index in [1.165, 1.54) is 5.69 Å². The predicted octanol–water partition coefficient (Wildman–Crippen LogP) is 2.23. The molecule has 134 valence electrons. The number of amides is 1. The minimum Gasteiger partial charge on any atom is -0.380 e. The van der Waals surface area contributed by atoms with E-state index in [1.807, 2.05) is 18.2 Å². The number of ether oxygens (including phenoxy) is 1. The number of halogens is 2. The molecule has 0 aliphatic carbocycles. The number of para-hydroxylation sites is 1. The smallest absolute Gasteiger partial charge is 0.222 e. The number of anilines is 1. The van der Waals surface area contributed by atoms with Gasteiger partial charge in [0.15, 0.2) is 0 Å². The Morgan fingerprint density at radius 2 is 1.96 bits per heavy atom. The van der Waals surface area contributed by atoms with E-state index in [-0.39, 0.29) is 36.8 Å². The summed E-state index contributed by atoms with van der Waals surface area (Å²) in [4.78, 5) is 14.0. The lowest BCUT2D eigenvalue weighted by Gasteiger charge is -2.23. The highest BCUT2D eigenvalue weighted by atomic mass is 35.5. The molecule has 0 bridgehead atoms. The summed E-state index contributed by atoms with van der Waals surface area (Å²) in [7, 11) is 1.57. The molecule has 0 radical (unpaired) electrons. The minimum atomic E-state index is -0.193. The van der Waals surface area contributed by atoms with Gasteiger partial charge in [-0.3, -0.25) is 4.79 Å². The van der Waals surface area contributed by atoms with Crippen molar-refractivity contribution in [2.24, 2.45) is 5.73 Å². The molecule has 3 N–H and O–H groups in total. The number of methoxy groups -OCH3 is 1. The highest BCUT2D eigenvalue weighted by molar-refractivity contribution is 5.85. The van der Waals surface area contributed by atoms with Crippen LogP contribution in [0.2, 0.25) is 0 Å².